The van der Waals surface area contributed by atoms with Gasteiger partial charge in [-0.2, -0.15) is 10.2 Å². The zero-order chi connectivity index (χ0) is 22.9. The molecule has 1 amide bonds. The fraction of sp³-hybridized carbons (Fsp3) is 0.280. The maximum Gasteiger partial charge on any atom is 0.227 e. The van der Waals surface area contributed by atoms with E-state index in [4.69, 9.17) is 16.7 Å². The fourth-order valence-electron chi connectivity index (χ4n) is 4.50. The van der Waals surface area contributed by atoms with E-state index in [2.05, 4.69) is 27.3 Å². The Balaban J connectivity index is 1.37. The van der Waals surface area contributed by atoms with Crippen LogP contribution in [0.15, 0.2) is 54.6 Å². The van der Waals surface area contributed by atoms with Crippen LogP contribution in [-0.4, -0.2) is 39.0 Å². The van der Waals surface area contributed by atoms with Crippen molar-refractivity contribution in [3.05, 3.63) is 71.0 Å². The van der Waals surface area contributed by atoms with Gasteiger partial charge in [0.05, 0.1) is 33.2 Å². The number of piperidine rings is 1. The molecule has 1 fully saturated rings. The fourth-order valence-corrected chi connectivity index (χ4v) is 4.68. The quantitative estimate of drug-likeness (QED) is 0.466. The standard InChI is InChI=1S/C25H25ClN6O/c1-16-22-17(2)32(19-8-4-3-5-9-19)30-23(22)24(29-28-16)31-14-12-18(13-15-31)25(33)27-21-11-7-6-10-20(21)26/h3-11,18H,12-15H2,1-2H3,(H,27,33). The zero-order valence-corrected chi connectivity index (χ0v) is 19.4. The number of carbonyl (C=O) groups is 1. The van der Waals surface area contributed by atoms with Crippen molar-refractivity contribution in [2.75, 3.05) is 23.3 Å². The predicted octanol–water partition coefficient (Wildman–Crippen LogP) is 4.94. The molecule has 1 N–H and O–H groups in total. The molecule has 1 saturated heterocycles. The molecule has 2 aromatic heterocycles. The van der Waals surface area contributed by atoms with Crippen LogP contribution in [0.4, 0.5) is 11.5 Å². The summed E-state index contributed by atoms with van der Waals surface area (Å²) in [5, 5.41) is 18.4. The smallest absolute Gasteiger partial charge is 0.227 e. The van der Waals surface area contributed by atoms with E-state index in [1.165, 1.54) is 0 Å². The molecular formula is C25H25ClN6O. The lowest BCUT2D eigenvalue weighted by Crippen LogP contribution is -2.38. The Hall–Kier alpha value is -3.45. The van der Waals surface area contributed by atoms with Gasteiger partial charge in [0.25, 0.3) is 0 Å². The predicted molar refractivity (Wildman–Crippen MR) is 131 cm³/mol. The van der Waals surface area contributed by atoms with E-state index in [9.17, 15) is 4.79 Å². The summed E-state index contributed by atoms with van der Waals surface area (Å²) < 4.78 is 1.95. The minimum Gasteiger partial charge on any atom is -0.353 e. The molecule has 8 heteroatoms. The van der Waals surface area contributed by atoms with Gasteiger partial charge in [-0.05, 0) is 51.0 Å². The van der Waals surface area contributed by atoms with Crippen molar-refractivity contribution in [1.29, 1.82) is 0 Å². The van der Waals surface area contributed by atoms with Crippen LogP contribution in [0.5, 0.6) is 0 Å². The summed E-state index contributed by atoms with van der Waals surface area (Å²) in [5.74, 6) is 0.709. The number of fused-ring (bicyclic) bond motifs is 1. The molecule has 0 aliphatic carbocycles. The first-order chi connectivity index (χ1) is 16.0. The topological polar surface area (TPSA) is 75.9 Å². The van der Waals surface area contributed by atoms with E-state index in [0.717, 1.165) is 46.6 Å². The Kier molecular flexibility index (Phi) is 5.72. The maximum absolute atomic E-state index is 12.8. The van der Waals surface area contributed by atoms with Crippen LogP contribution in [0, 0.1) is 19.8 Å². The monoisotopic (exact) mass is 460 g/mol. The van der Waals surface area contributed by atoms with Crippen molar-refractivity contribution in [1.82, 2.24) is 20.0 Å². The molecule has 5 rings (SSSR count). The Morgan fingerprint density at radius 2 is 1.70 bits per heavy atom. The number of hydrogen-bond donors (Lipinski definition) is 1. The molecule has 4 aromatic rings. The van der Waals surface area contributed by atoms with E-state index >= 15 is 0 Å². The number of amides is 1. The summed E-state index contributed by atoms with van der Waals surface area (Å²) in [4.78, 5) is 15.0. The zero-order valence-electron chi connectivity index (χ0n) is 18.6. The highest BCUT2D eigenvalue weighted by Crippen LogP contribution is 2.32. The molecule has 0 unspecified atom stereocenters. The molecule has 2 aromatic carbocycles. The Bertz CT molecular complexity index is 1310. The summed E-state index contributed by atoms with van der Waals surface area (Å²) >= 11 is 6.19. The Morgan fingerprint density at radius 3 is 2.42 bits per heavy atom. The maximum atomic E-state index is 12.8. The lowest BCUT2D eigenvalue weighted by molar-refractivity contribution is -0.120. The first kappa shape index (κ1) is 21.4. The van der Waals surface area contributed by atoms with Crippen LogP contribution in [0.1, 0.15) is 24.2 Å². The SMILES string of the molecule is Cc1nnc(N2CCC(C(=O)Nc3ccccc3Cl)CC2)c2nn(-c3ccccc3)c(C)c12. The third-order valence-electron chi connectivity index (χ3n) is 6.28. The number of halogens is 1. The van der Waals surface area contributed by atoms with Gasteiger partial charge < -0.3 is 10.2 Å². The number of nitrogens with one attached hydrogen (secondary N) is 1. The normalized spacial score (nSPS) is 14.6. The third kappa shape index (κ3) is 4.04. The number of anilines is 2. The van der Waals surface area contributed by atoms with Crippen LogP contribution in [0.2, 0.25) is 5.02 Å². The van der Waals surface area contributed by atoms with E-state index in [0.29, 0.717) is 23.8 Å². The van der Waals surface area contributed by atoms with Crippen molar-refractivity contribution in [3.63, 3.8) is 0 Å². The van der Waals surface area contributed by atoms with Gasteiger partial charge in [0.2, 0.25) is 5.91 Å². The summed E-state index contributed by atoms with van der Waals surface area (Å²) in [6.45, 7) is 5.45. The molecule has 0 saturated carbocycles. The molecule has 0 bridgehead atoms. The average Bonchev–Trinajstić information content (AvgIpc) is 3.19. The summed E-state index contributed by atoms with van der Waals surface area (Å²) in [5.41, 5.74) is 4.41. The Labute approximate surface area is 197 Å². The largest absolute Gasteiger partial charge is 0.353 e. The molecule has 3 heterocycles. The highest BCUT2D eigenvalue weighted by molar-refractivity contribution is 6.33. The van der Waals surface area contributed by atoms with Crippen molar-refractivity contribution in [2.45, 2.75) is 26.7 Å². The summed E-state index contributed by atoms with van der Waals surface area (Å²) in [6, 6.07) is 17.4. The van der Waals surface area contributed by atoms with Crippen LogP contribution in [0.3, 0.4) is 0 Å². The first-order valence-electron chi connectivity index (χ1n) is 11.1. The number of para-hydroxylation sites is 2. The van der Waals surface area contributed by atoms with Crippen LogP contribution in [-0.2, 0) is 4.79 Å². The van der Waals surface area contributed by atoms with Gasteiger partial charge in [-0.3, -0.25) is 4.79 Å². The van der Waals surface area contributed by atoms with Gasteiger partial charge in [-0.15, -0.1) is 5.10 Å². The van der Waals surface area contributed by atoms with Crippen LogP contribution in [0.25, 0.3) is 16.6 Å². The number of aromatic nitrogens is 4. The average molecular weight is 461 g/mol. The molecule has 7 nitrogen and oxygen atoms in total. The van der Waals surface area contributed by atoms with Gasteiger partial charge in [0, 0.05) is 19.0 Å². The molecule has 0 spiro atoms. The second-order valence-corrected chi connectivity index (χ2v) is 8.80. The molecule has 0 radical (unpaired) electrons. The first-order valence-corrected chi connectivity index (χ1v) is 11.5. The number of nitrogens with zero attached hydrogens (tertiary/aromatic N) is 5. The van der Waals surface area contributed by atoms with Crippen molar-refractivity contribution < 1.29 is 4.79 Å². The van der Waals surface area contributed by atoms with Gasteiger partial charge in [0.1, 0.15) is 5.52 Å². The van der Waals surface area contributed by atoms with Gasteiger partial charge >= 0.3 is 0 Å². The molecule has 0 atom stereocenters. The lowest BCUT2D eigenvalue weighted by atomic mass is 9.95. The van der Waals surface area contributed by atoms with Crippen molar-refractivity contribution >= 4 is 39.9 Å². The molecule has 1 aliphatic rings. The second-order valence-electron chi connectivity index (χ2n) is 8.40. The van der Waals surface area contributed by atoms with Crippen molar-refractivity contribution in [2.24, 2.45) is 5.92 Å². The number of carbonyl (C=O) groups excluding carboxylic acids is 1. The highest BCUT2D eigenvalue weighted by Gasteiger charge is 2.28. The van der Waals surface area contributed by atoms with E-state index in [1.807, 2.05) is 60.1 Å². The van der Waals surface area contributed by atoms with Gasteiger partial charge in [-0.1, -0.05) is 41.9 Å². The molecule has 1 aliphatic heterocycles. The third-order valence-corrected chi connectivity index (χ3v) is 6.61. The van der Waals surface area contributed by atoms with Crippen molar-refractivity contribution in [3.8, 4) is 5.69 Å². The molecule has 168 valence electrons. The lowest BCUT2D eigenvalue weighted by Gasteiger charge is -2.32. The minimum atomic E-state index is -0.0740. The Morgan fingerprint density at radius 1 is 1.00 bits per heavy atom. The number of aryl methyl sites for hydroxylation is 2. The number of rotatable bonds is 4. The molecule has 33 heavy (non-hydrogen) atoms. The van der Waals surface area contributed by atoms with E-state index in [-0.39, 0.29) is 11.8 Å². The van der Waals surface area contributed by atoms with Crippen LogP contribution >= 0.6 is 11.6 Å². The number of benzene rings is 2. The van der Waals surface area contributed by atoms with E-state index in [1.54, 1.807) is 6.07 Å². The van der Waals surface area contributed by atoms with Gasteiger partial charge in [0.15, 0.2) is 5.82 Å². The van der Waals surface area contributed by atoms with Crippen LogP contribution < -0.4 is 10.2 Å². The highest BCUT2D eigenvalue weighted by atomic mass is 35.5. The summed E-state index contributed by atoms with van der Waals surface area (Å²) in [6.07, 6.45) is 1.46. The molecular weight excluding hydrogens is 436 g/mol. The van der Waals surface area contributed by atoms with E-state index < -0.39 is 0 Å². The second kappa shape index (κ2) is 8.83. The number of hydrogen-bond acceptors (Lipinski definition) is 5. The summed E-state index contributed by atoms with van der Waals surface area (Å²) in [7, 11) is 0. The van der Waals surface area contributed by atoms with Gasteiger partial charge in [-0.25, -0.2) is 4.68 Å². The minimum absolute atomic E-state index is 0.00656.